The first-order valence-electron chi connectivity index (χ1n) is 6.97. The summed E-state index contributed by atoms with van der Waals surface area (Å²) in [5.41, 5.74) is 9.99. The van der Waals surface area contributed by atoms with Gasteiger partial charge < -0.3 is 5.73 Å². The molecule has 0 atom stereocenters. The lowest BCUT2D eigenvalue weighted by atomic mass is 10.1. The molecule has 2 heterocycles. The van der Waals surface area contributed by atoms with Crippen molar-refractivity contribution in [3.05, 3.63) is 66.9 Å². The van der Waals surface area contributed by atoms with Gasteiger partial charge in [0, 0.05) is 17.3 Å². The average molecular weight is 303 g/mol. The smallest absolute Gasteiger partial charge is 0.124 e. The first kappa shape index (κ1) is 13.0. The van der Waals surface area contributed by atoms with Gasteiger partial charge >= 0.3 is 0 Å². The molecule has 4 heteroatoms. The molecular formula is C18H13N3S. The van der Waals surface area contributed by atoms with Gasteiger partial charge in [0.15, 0.2) is 0 Å². The van der Waals surface area contributed by atoms with Gasteiger partial charge in [0.25, 0.3) is 0 Å². The Kier molecular flexibility index (Phi) is 3.09. The first-order valence-corrected chi connectivity index (χ1v) is 7.79. The SMILES string of the molecule is Nc1ccc(-c2ccc(-c3nc4ccccc4s3)cc2)cn1. The number of thiazole rings is 1. The van der Waals surface area contributed by atoms with Crippen molar-refractivity contribution in [1.29, 1.82) is 0 Å². The Morgan fingerprint density at radius 3 is 2.23 bits per heavy atom. The third-order valence-electron chi connectivity index (χ3n) is 3.55. The van der Waals surface area contributed by atoms with Crippen molar-refractivity contribution in [3.63, 3.8) is 0 Å². The zero-order chi connectivity index (χ0) is 14.9. The van der Waals surface area contributed by atoms with Crippen LogP contribution in [0.1, 0.15) is 0 Å². The maximum absolute atomic E-state index is 5.62. The van der Waals surface area contributed by atoms with Crippen LogP contribution in [0.2, 0.25) is 0 Å². The second kappa shape index (κ2) is 5.24. The van der Waals surface area contributed by atoms with Crippen molar-refractivity contribution in [2.24, 2.45) is 0 Å². The zero-order valence-electron chi connectivity index (χ0n) is 11.7. The van der Waals surface area contributed by atoms with Crippen molar-refractivity contribution >= 4 is 27.4 Å². The Morgan fingerprint density at radius 1 is 0.773 bits per heavy atom. The predicted molar refractivity (Wildman–Crippen MR) is 92.7 cm³/mol. The molecule has 0 bridgehead atoms. The van der Waals surface area contributed by atoms with E-state index in [1.807, 2.05) is 30.3 Å². The molecule has 2 aromatic heterocycles. The van der Waals surface area contributed by atoms with E-state index in [1.54, 1.807) is 17.5 Å². The van der Waals surface area contributed by atoms with Gasteiger partial charge in [0.05, 0.1) is 10.2 Å². The third kappa shape index (κ3) is 2.34. The molecule has 3 nitrogen and oxygen atoms in total. The maximum Gasteiger partial charge on any atom is 0.124 e. The van der Waals surface area contributed by atoms with E-state index in [9.17, 15) is 0 Å². The quantitative estimate of drug-likeness (QED) is 0.588. The number of para-hydroxylation sites is 1. The molecule has 22 heavy (non-hydrogen) atoms. The Balaban J connectivity index is 1.70. The van der Waals surface area contributed by atoms with Crippen molar-refractivity contribution < 1.29 is 0 Å². The molecule has 0 amide bonds. The fourth-order valence-electron chi connectivity index (χ4n) is 2.38. The summed E-state index contributed by atoms with van der Waals surface area (Å²) in [6.07, 6.45) is 1.79. The number of anilines is 1. The van der Waals surface area contributed by atoms with Gasteiger partial charge in [0.2, 0.25) is 0 Å². The average Bonchev–Trinajstić information content (AvgIpc) is 3.00. The van der Waals surface area contributed by atoms with Gasteiger partial charge in [-0.3, -0.25) is 0 Å². The topological polar surface area (TPSA) is 51.8 Å². The molecule has 2 N–H and O–H groups in total. The molecule has 0 saturated carbocycles. The highest BCUT2D eigenvalue weighted by molar-refractivity contribution is 7.21. The summed E-state index contributed by atoms with van der Waals surface area (Å²) in [5, 5.41) is 1.04. The molecule has 0 aliphatic rings. The molecule has 2 aromatic carbocycles. The fraction of sp³-hybridized carbons (Fsp3) is 0. The van der Waals surface area contributed by atoms with Gasteiger partial charge in [-0.25, -0.2) is 9.97 Å². The molecule has 0 aliphatic heterocycles. The van der Waals surface area contributed by atoms with Gasteiger partial charge in [-0.15, -0.1) is 11.3 Å². The molecule has 0 radical (unpaired) electrons. The van der Waals surface area contributed by atoms with Crippen LogP contribution in [-0.4, -0.2) is 9.97 Å². The zero-order valence-corrected chi connectivity index (χ0v) is 12.5. The summed E-state index contributed by atoms with van der Waals surface area (Å²) in [7, 11) is 0. The molecule has 0 aliphatic carbocycles. The number of nitrogens with two attached hydrogens (primary N) is 1. The van der Waals surface area contributed by atoms with Crippen LogP contribution >= 0.6 is 11.3 Å². The number of fused-ring (bicyclic) bond motifs is 1. The van der Waals surface area contributed by atoms with Crippen LogP contribution in [0.15, 0.2) is 66.9 Å². The highest BCUT2D eigenvalue weighted by Gasteiger charge is 2.06. The van der Waals surface area contributed by atoms with E-state index in [0.717, 1.165) is 27.2 Å². The fourth-order valence-corrected chi connectivity index (χ4v) is 3.35. The highest BCUT2D eigenvalue weighted by atomic mass is 32.1. The van der Waals surface area contributed by atoms with Crippen LogP contribution in [-0.2, 0) is 0 Å². The van der Waals surface area contributed by atoms with Crippen LogP contribution < -0.4 is 5.73 Å². The van der Waals surface area contributed by atoms with Gasteiger partial charge in [-0.05, 0) is 29.8 Å². The first-order chi connectivity index (χ1) is 10.8. The second-order valence-electron chi connectivity index (χ2n) is 5.04. The lowest BCUT2D eigenvalue weighted by Crippen LogP contribution is -1.88. The Labute approximate surface area is 132 Å². The van der Waals surface area contributed by atoms with Gasteiger partial charge in [-0.1, -0.05) is 36.4 Å². The molecular weight excluding hydrogens is 290 g/mol. The summed E-state index contributed by atoms with van der Waals surface area (Å²) in [6.45, 7) is 0. The Hall–Kier alpha value is -2.72. The second-order valence-corrected chi connectivity index (χ2v) is 6.07. The van der Waals surface area contributed by atoms with E-state index >= 15 is 0 Å². The van der Waals surface area contributed by atoms with Crippen LogP contribution in [0.3, 0.4) is 0 Å². The number of rotatable bonds is 2. The van der Waals surface area contributed by atoms with Crippen molar-refractivity contribution in [2.45, 2.75) is 0 Å². The molecule has 0 spiro atoms. The standard InChI is InChI=1S/C18H13N3S/c19-17-10-9-14(11-20-17)12-5-7-13(8-6-12)18-21-15-3-1-2-4-16(15)22-18/h1-11H,(H2,19,20). The predicted octanol–water partition coefficient (Wildman–Crippen LogP) is 4.61. The van der Waals surface area contributed by atoms with E-state index in [2.05, 4.69) is 40.3 Å². The summed E-state index contributed by atoms with van der Waals surface area (Å²) < 4.78 is 1.21. The third-order valence-corrected chi connectivity index (χ3v) is 4.63. The monoisotopic (exact) mass is 303 g/mol. The van der Waals surface area contributed by atoms with E-state index in [4.69, 9.17) is 5.73 Å². The molecule has 0 saturated heterocycles. The van der Waals surface area contributed by atoms with Gasteiger partial charge in [0.1, 0.15) is 10.8 Å². The summed E-state index contributed by atoms with van der Waals surface area (Å²) >= 11 is 1.71. The highest BCUT2D eigenvalue weighted by Crippen LogP contribution is 2.31. The molecule has 0 fully saturated rings. The van der Waals surface area contributed by atoms with Crippen molar-refractivity contribution in [2.75, 3.05) is 5.73 Å². The van der Waals surface area contributed by atoms with Gasteiger partial charge in [-0.2, -0.15) is 0 Å². The number of nitrogens with zero attached hydrogens (tertiary/aromatic N) is 2. The van der Waals surface area contributed by atoms with Crippen LogP contribution in [0, 0.1) is 0 Å². The number of hydrogen-bond donors (Lipinski definition) is 1. The molecule has 4 rings (SSSR count). The molecule has 4 aromatic rings. The summed E-state index contributed by atoms with van der Waals surface area (Å²) in [6, 6.07) is 20.4. The van der Waals surface area contributed by atoms with Crippen molar-refractivity contribution in [3.8, 4) is 21.7 Å². The lowest BCUT2D eigenvalue weighted by Gasteiger charge is -2.03. The maximum atomic E-state index is 5.62. The number of hydrogen-bond acceptors (Lipinski definition) is 4. The van der Waals surface area contributed by atoms with Crippen LogP contribution in [0.25, 0.3) is 31.9 Å². The van der Waals surface area contributed by atoms with Crippen LogP contribution in [0.4, 0.5) is 5.82 Å². The number of benzene rings is 2. The minimum atomic E-state index is 0.537. The van der Waals surface area contributed by atoms with E-state index in [0.29, 0.717) is 5.82 Å². The minimum Gasteiger partial charge on any atom is -0.384 e. The number of nitrogen functional groups attached to an aromatic ring is 1. The van der Waals surface area contributed by atoms with Crippen molar-refractivity contribution in [1.82, 2.24) is 9.97 Å². The Bertz CT molecular complexity index is 892. The molecule has 0 unspecified atom stereocenters. The summed E-state index contributed by atoms with van der Waals surface area (Å²) in [5.74, 6) is 0.537. The van der Waals surface area contributed by atoms with E-state index < -0.39 is 0 Å². The summed E-state index contributed by atoms with van der Waals surface area (Å²) in [4.78, 5) is 8.82. The minimum absolute atomic E-state index is 0.537. The molecule has 106 valence electrons. The number of aromatic nitrogens is 2. The largest absolute Gasteiger partial charge is 0.384 e. The van der Waals surface area contributed by atoms with Crippen LogP contribution in [0.5, 0.6) is 0 Å². The van der Waals surface area contributed by atoms with E-state index in [-0.39, 0.29) is 0 Å². The Morgan fingerprint density at radius 2 is 1.50 bits per heavy atom. The lowest BCUT2D eigenvalue weighted by molar-refractivity contribution is 1.34. The van der Waals surface area contributed by atoms with E-state index in [1.165, 1.54) is 4.70 Å². The normalized spacial score (nSPS) is 10.9. The number of pyridine rings is 1.